The summed E-state index contributed by atoms with van der Waals surface area (Å²) < 4.78 is 5.22. The number of rotatable bonds is 6. The van der Waals surface area contributed by atoms with Gasteiger partial charge in [0.15, 0.2) is 0 Å². The van der Waals surface area contributed by atoms with Crippen LogP contribution in [0.1, 0.15) is 31.0 Å². The van der Waals surface area contributed by atoms with E-state index in [1.165, 1.54) is 11.1 Å². The highest BCUT2D eigenvalue weighted by Crippen LogP contribution is 2.23. The van der Waals surface area contributed by atoms with E-state index in [-0.39, 0.29) is 0 Å². The normalized spacial score (nSPS) is 18.9. The fourth-order valence-corrected chi connectivity index (χ4v) is 2.76. The number of fused-ring (bicyclic) bond motifs is 1. The molecule has 0 aliphatic carbocycles. The summed E-state index contributed by atoms with van der Waals surface area (Å²) in [4.78, 5) is 2.49. The van der Waals surface area contributed by atoms with Crippen molar-refractivity contribution in [2.45, 2.75) is 32.4 Å². The summed E-state index contributed by atoms with van der Waals surface area (Å²) in [5, 5.41) is 3.65. The summed E-state index contributed by atoms with van der Waals surface area (Å²) in [6.07, 6.45) is 1.15. The Hall–Kier alpha value is -0.900. The smallest absolute Gasteiger partial charge is 0.0589 e. The number of ether oxygens (including phenoxy) is 1. The molecule has 0 saturated heterocycles. The molecular formula is C16H26N2O. The van der Waals surface area contributed by atoms with E-state index in [1.54, 1.807) is 7.11 Å². The second-order valence-corrected chi connectivity index (χ2v) is 5.54. The van der Waals surface area contributed by atoms with Gasteiger partial charge in [-0.3, -0.25) is 4.90 Å². The topological polar surface area (TPSA) is 24.5 Å². The molecule has 0 spiro atoms. The molecule has 1 aliphatic heterocycles. The average molecular weight is 262 g/mol. The van der Waals surface area contributed by atoms with Crippen LogP contribution in [0.25, 0.3) is 0 Å². The molecule has 3 heteroatoms. The van der Waals surface area contributed by atoms with E-state index >= 15 is 0 Å². The zero-order chi connectivity index (χ0) is 13.7. The van der Waals surface area contributed by atoms with Crippen molar-refractivity contribution in [2.75, 3.05) is 33.4 Å². The second kappa shape index (κ2) is 7.04. The van der Waals surface area contributed by atoms with Crippen molar-refractivity contribution in [3.05, 3.63) is 35.4 Å². The van der Waals surface area contributed by atoms with E-state index in [1.807, 2.05) is 0 Å². The molecule has 0 fully saturated rings. The van der Waals surface area contributed by atoms with Crippen LogP contribution in [0, 0.1) is 0 Å². The third-order valence-corrected chi connectivity index (χ3v) is 3.95. The highest BCUT2D eigenvalue weighted by atomic mass is 16.5. The molecule has 0 saturated carbocycles. The van der Waals surface area contributed by atoms with E-state index in [4.69, 9.17) is 4.74 Å². The first-order chi connectivity index (χ1) is 9.22. The SMILES string of the molecule is COCCN(CC1NCCc2ccccc21)C(C)C. The lowest BCUT2D eigenvalue weighted by atomic mass is 9.94. The van der Waals surface area contributed by atoms with Crippen molar-refractivity contribution in [3.63, 3.8) is 0 Å². The summed E-state index contributed by atoms with van der Waals surface area (Å²) in [6, 6.07) is 9.81. The largest absolute Gasteiger partial charge is 0.383 e. The molecule has 0 bridgehead atoms. The zero-order valence-corrected chi connectivity index (χ0v) is 12.4. The van der Waals surface area contributed by atoms with E-state index < -0.39 is 0 Å². The molecule has 0 radical (unpaired) electrons. The highest BCUT2D eigenvalue weighted by Gasteiger charge is 2.22. The van der Waals surface area contributed by atoms with Crippen LogP contribution in [0.15, 0.2) is 24.3 Å². The molecule has 1 heterocycles. The summed E-state index contributed by atoms with van der Waals surface area (Å²) >= 11 is 0. The number of methoxy groups -OCH3 is 1. The van der Waals surface area contributed by atoms with Crippen molar-refractivity contribution in [1.82, 2.24) is 10.2 Å². The van der Waals surface area contributed by atoms with Crippen molar-refractivity contribution in [1.29, 1.82) is 0 Å². The van der Waals surface area contributed by atoms with Gasteiger partial charge in [0, 0.05) is 32.3 Å². The Bertz CT molecular complexity index is 392. The quantitative estimate of drug-likeness (QED) is 0.851. The zero-order valence-electron chi connectivity index (χ0n) is 12.4. The van der Waals surface area contributed by atoms with Crippen LogP contribution in [-0.4, -0.2) is 44.3 Å². The van der Waals surface area contributed by atoms with Crippen LogP contribution >= 0.6 is 0 Å². The fraction of sp³-hybridized carbons (Fsp3) is 0.625. The lowest BCUT2D eigenvalue weighted by Crippen LogP contribution is -2.43. The van der Waals surface area contributed by atoms with Gasteiger partial charge in [0.1, 0.15) is 0 Å². The maximum Gasteiger partial charge on any atom is 0.0589 e. The molecule has 1 N–H and O–H groups in total. The third kappa shape index (κ3) is 3.78. The maximum absolute atomic E-state index is 5.22. The molecular weight excluding hydrogens is 236 g/mol. The Morgan fingerprint density at radius 1 is 1.37 bits per heavy atom. The van der Waals surface area contributed by atoms with Crippen LogP contribution < -0.4 is 5.32 Å². The fourth-order valence-electron chi connectivity index (χ4n) is 2.76. The lowest BCUT2D eigenvalue weighted by molar-refractivity contribution is 0.120. The molecule has 1 atom stereocenters. The number of nitrogens with zero attached hydrogens (tertiary/aromatic N) is 1. The van der Waals surface area contributed by atoms with E-state index in [9.17, 15) is 0 Å². The summed E-state index contributed by atoms with van der Waals surface area (Å²) in [7, 11) is 1.77. The standard InChI is InChI=1S/C16H26N2O/c1-13(2)18(10-11-19-3)12-16-15-7-5-4-6-14(15)8-9-17-16/h4-7,13,16-17H,8-12H2,1-3H3. The first-order valence-electron chi connectivity index (χ1n) is 7.26. The van der Waals surface area contributed by atoms with Crippen molar-refractivity contribution in [3.8, 4) is 0 Å². The molecule has 1 aliphatic rings. The number of hydrogen-bond donors (Lipinski definition) is 1. The molecule has 1 unspecified atom stereocenters. The van der Waals surface area contributed by atoms with Gasteiger partial charge in [-0.1, -0.05) is 24.3 Å². The van der Waals surface area contributed by atoms with Gasteiger partial charge in [-0.15, -0.1) is 0 Å². The van der Waals surface area contributed by atoms with Crippen molar-refractivity contribution < 1.29 is 4.74 Å². The van der Waals surface area contributed by atoms with Gasteiger partial charge in [0.05, 0.1) is 6.61 Å². The van der Waals surface area contributed by atoms with Gasteiger partial charge in [0.25, 0.3) is 0 Å². The minimum absolute atomic E-state index is 0.448. The number of nitrogens with one attached hydrogen (secondary N) is 1. The predicted octanol–water partition coefficient (Wildman–Crippen LogP) is 2.23. The lowest BCUT2D eigenvalue weighted by Gasteiger charge is -2.34. The third-order valence-electron chi connectivity index (χ3n) is 3.95. The van der Waals surface area contributed by atoms with Crippen LogP contribution in [-0.2, 0) is 11.2 Å². The van der Waals surface area contributed by atoms with Crippen LogP contribution in [0.5, 0.6) is 0 Å². The average Bonchev–Trinajstić information content (AvgIpc) is 2.43. The van der Waals surface area contributed by atoms with E-state index in [0.717, 1.165) is 32.7 Å². The minimum atomic E-state index is 0.448. The summed E-state index contributed by atoms with van der Waals surface area (Å²) in [5.74, 6) is 0. The van der Waals surface area contributed by atoms with Crippen LogP contribution in [0.2, 0.25) is 0 Å². The van der Waals surface area contributed by atoms with Gasteiger partial charge in [-0.2, -0.15) is 0 Å². The number of benzene rings is 1. The summed E-state index contributed by atoms with van der Waals surface area (Å²) in [6.45, 7) is 8.44. The van der Waals surface area contributed by atoms with E-state index in [2.05, 4.69) is 48.3 Å². The minimum Gasteiger partial charge on any atom is -0.383 e. The molecule has 0 amide bonds. The Morgan fingerprint density at radius 2 is 2.16 bits per heavy atom. The van der Waals surface area contributed by atoms with Gasteiger partial charge < -0.3 is 10.1 Å². The maximum atomic E-state index is 5.22. The molecule has 19 heavy (non-hydrogen) atoms. The number of hydrogen-bond acceptors (Lipinski definition) is 3. The Kier molecular flexibility index (Phi) is 5.37. The molecule has 106 valence electrons. The van der Waals surface area contributed by atoms with E-state index in [0.29, 0.717) is 12.1 Å². The highest BCUT2D eigenvalue weighted by molar-refractivity contribution is 5.32. The second-order valence-electron chi connectivity index (χ2n) is 5.54. The van der Waals surface area contributed by atoms with Gasteiger partial charge in [0.2, 0.25) is 0 Å². The Balaban J connectivity index is 2.05. The molecule has 0 aromatic heterocycles. The molecule has 3 nitrogen and oxygen atoms in total. The van der Waals surface area contributed by atoms with Crippen molar-refractivity contribution >= 4 is 0 Å². The van der Waals surface area contributed by atoms with Gasteiger partial charge >= 0.3 is 0 Å². The van der Waals surface area contributed by atoms with Crippen LogP contribution in [0.3, 0.4) is 0 Å². The van der Waals surface area contributed by atoms with Crippen LogP contribution in [0.4, 0.5) is 0 Å². The van der Waals surface area contributed by atoms with Crippen molar-refractivity contribution in [2.24, 2.45) is 0 Å². The summed E-state index contributed by atoms with van der Waals surface area (Å²) in [5.41, 5.74) is 2.97. The first-order valence-corrected chi connectivity index (χ1v) is 7.26. The Morgan fingerprint density at radius 3 is 2.89 bits per heavy atom. The molecule has 1 aromatic rings. The predicted molar refractivity (Wildman–Crippen MR) is 79.5 cm³/mol. The van der Waals surface area contributed by atoms with Gasteiger partial charge in [-0.05, 0) is 37.9 Å². The monoisotopic (exact) mass is 262 g/mol. The Labute approximate surface area is 116 Å². The first kappa shape index (κ1) is 14.5. The molecule has 1 aromatic carbocycles. The van der Waals surface area contributed by atoms with Gasteiger partial charge in [-0.25, -0.2) is 0 Å². The molecule has 2 rings (SSSR count).